The molecule has 0 unspecified atom stereocenters. The molecule has 2 heteroatoms. The standard InChI is InChI=1S/C10H20N.Li/c1-10(2,3)9-11-7-5-4-6-8-11;/h1,4-9H2,2-3H3;/q-1;+1. The van der Waals surface area contributed by atoms with Crippen LogP contribution in [-0.4, -0.2) is 24.5 Å². The second kappa shape index (κ2) is 5.32. The minimum atomic E-state index is 0. The Balaban J connectivity index is 0.00000121. The topological polar surface area (TPSA) is 3.24 Å². The van der Waals surface area contributed by atoms with Crippen LogP contribution in [0.2, 0.25) is 0 Å². The Kier molecular flexibility index (Phi) is 5.57. The zero-order valence-corrected chi connectivity index (χ0v) is 8.90. The first-order chi connectivity index (χ1) is 5.08. The number of piperidine rings is 1. The van der Waals surface area contributed by atoms with Crippen molar-refractivity contribution >= 4 is 0 Å². The van der Waals surface area contributed by atoms with E-state index in [0.717, 1.165) is 6.54 Å². The summed E-state index contributed by atoms with van der Waals surface area (Å²) in [6, 6.07) is 0. The van der Waals surface area contributed by atoms with Gasteiger partial charge in [-0.1, -0.05) is 20.3 Å². The van der Waals surface area contributed by atoms with Crippen molar-refractivity contribution < 1.29 is 18.9 Å². The van der Waals surface area contributed by atoms with E-state index in [2.05, 4.69) is 25.7 Å². The van der Waals surface area contributed by atoms with Crippen molar-refractivity contribution in [3.05, 3.63) is 6.92 Å². The Morgan fingerprint density at radius 2 is 1.67 bits per heavy atom. The zero-order chi connectivity index (χ0) is 8.32. The third kappa shape index (κ3) is 5.25. The van der Waals surface area contributed by atoms with Crippen LogP contribution < -0.4 is 18.9 Å². The van der Waals surface area contributed by atoms with E-state index in [1.54, 1.807) is 0 Å². The van der Waals surface area contributed by atoms with Gasteiger partial charge in [-0.25, -0.2) is 0 Å². The van der Waals surface area contributed by atoms with Crippen molar-refractivity contribution in [2.75, 3.05) is 19.6 Å². The van der Waals surface area contributed by atoms with Gasteiger partial charge in [-0.2, -0.15) is 5.41 Å². The third-order valence-electron chi connectivity index (χ3n) is 2.10. The molecular formula is C10H20LiN. The molecule has 0 aromatic carbocycles. The molecule has 1 fully saturated rings. The summed E-state index contributed by atoms with van der Waals surface area (Å²) >= 11 is 0. The molecule has 12 heavy (non-hydrogen) atoms. The van der Waals surface area contributed by atoms with Crippen molar-refractivity contribution in [3.63, 3.8) is 0 Å². The van der Waals surface area contributed by atoms with Crippen LogP contribution in [0.25, 0.3) is 0 Å². The van der Waals surface area contributed by atoms with Crippen molar-refractivity contribution in [1.29, 1.82) is 0 Å². The molecule has 0 atom stereocenters. The molecule has 1 aliphatic heterocycles. The van der Waals surface area contributed by atoms with Crippen molar-refractivity contribution in [2.24, 2.45) is 5.41 Å². The number of likely N-dealkylation sites (tertiary alicyclic amines) is 1. The third-order valence-corrected chi connectivity index (χ3v) is 2.10. The largest absolute Gasteiger partial charge is 1.00 e. The van der Waals surface area contributed by atoms with E-state index in [0.29, 0.717) is 0 Å². The summed E-state index contributed by atoms with van der Waals surface area (Å²) < 4.78 is 0. The van der Waals surface area contributed by atoms with E-state index in [4.69, 9.17) is 0 Å². The van der Waals surface area contributed by atoms with E-state index in [1.165, 1.54) is 32.4 Å². The Morgan fingerprint density at radius 1 is 1.17 bits per heavy atom. The smallest absolute Gasteiger partial charge is 0.337 e. The molecule has 0 aromatic rings. The summed E-state index contributed by atoms with van der Waals surface area (Å²) in [5.74, 6) is 0. The maximum atomic E-state index is 4.12. The first kappa shape index (κ1) is 12.6. The molecule has 0 radical (unpaired) electrons. The van der Waals surface area contributed by atoms with Crippen molar-refractivity contribution in [1.82, 2.24) is 4.90 Å². The van der Waals surface area contributed by atoms with E-state index in [-0.39, 0.29) is 24.3 Å². The summed E-state index contributed by atoms with van der Waals surface area (Å²) in [5, 5.41) is 0. The Hall–Kier alpha value is 0.557. The number of hydrogen-bond donors (Lipinski definition) is 0. The maximum Gasteiger partial charge on any atom is 1.00 e. The van der Waals surface area contributed by atoms with Gasteiger partial charge in [-0.3, -0.25) is 0 Å². The molecule has 1 aliphatic rings. The second-order valence-electron chi connectivity index (χ2n) is 4.50. The Morgan fingerprint density at radius 3 is 2.08 bits per heavy atom. The van der Waals surface area contributed by atoms with Crippen LogP contribution in [0, 0.1) is 12.3 Å². The maximum absolute atomic E-state index is 4.12. The van der Waals surface area contributed by atoms with Gasteiger partial charge in [0.2, 0.25) is 0 Å². The molecule has 1 rings (SSSR count). The van der Waals surface area contributed by atoms with Gasteiger partial charge in [-0.15, -0.1) is 0 Å². The van der Waals surface area contributed by atoms with E-state index < -0.39 is 0 Å². The average Bonchev–Trinajstić information content (AvgIpc) is 1.85. The van der Waals surface area contributed by atoms with Gasteiger partial charge in [0.1, 0.15) is 0 Å². The zero-order valence-electron chi connectivity index (χ0n) is 8.90. The quantitative estimate of drug-likeness (QED) is 0.384. The van der Waals surface area contributed by atoms with E-state index in [9.17, 15) is 0 Å². The fraction of sp³-hybridized carbons (Fsp3) is 0.900. The first-order valence-corrected chi connectivity index (χ1v) is 4.66. The molecule has 1 nitrogen and oxygen atoms in total. The van der Waals surface area contributed by atoms with Gasteiger partial charge in [0, 0.05) is 0 Å². The molecule has 66 valence electrons. The summed E-state index contributed by atoms with van der Waals surface area (Å²) in [6.07, 6.45) is 4.19. The summed E-state index contributed by atoms with van der Waals surface area (Å²) in [5.41, 5.74) is 0.233. The van der Waals surface area contributed by atoms with E-state index >= 15 is 0 Å². The average molecular weight is 161 g/mol. The summed E-state index contributed by atoms with van der Waals surface area (Å²) in [6.45, 7) is 12.3. The molecule has 0 aromatic heterocycles. The molecule has 0 amide bonds. The minimum Gasteiger partial charge on any atom is -0.337 e. The molecule has 1 saturated heterocycles. The predicted octanol–water partition coefficient (Wildman–Crippen LogP) is -0.663. The molecule has 0 spiro atoms. The fourth-order valence-corrected chi connectivity index (χ4v) is 1.72. The van der Waals surface area contributed by atoms with Crippen LogP contribution in [0.4, 0.5) is 0 Å². The molecular weight excluding hydrogens is 141 g/mol. The monoisotopic (exact) mass is 161 g/mol. The van der Waals surface area contributed by atoms with Crippen LogP contribution in [0.3, 0.4) is 0 Å². The van der Waals surface area contributed by atoms with Crippen LogP contribution in [0.15, 0.2) is 0 Å². The van der Waals surface area contributed by atoms with Crippen LogP contribution in [-0.2, 0) is 0 Å². The van der Waals surface area contributed by atoms with Crippen molar-refractivity contribution in [3.8, 4) is 0 Å². The molecule has 0 saturated carbocycles. The molecule has 0 N–H and O–H groups in total. The van der Waals surface area contributed by atoms with Crippen LogP contribution in [0.1, 0.15) is 33.1 Å². The number of rotatable bonds is 2. The van der Waals surface area contributed by atoms with Gasteiger partial charge in [0.25, 0.3) is 0 Å². The second-order valence-corrected chi connectivity index (χ2v) is 4.50. The van der Waals surface area contributed by atoms with Gasteiger partial charge >= 0.3 is 18.9 Å². The Labute approximate surface area is 89.1 Å². The molecule has 0 bridgehead atoms. The van der Waals surface area contributed by atoms with Crippen LogP contribution >= 0.6 is 0 Å². The predicted molar refractivity (Wildman–Crippen MR) is 49.4 cm³/mol. The number of nitrogens with zero attached hydrogens (tertiary/aromatic N) is 1. The van der Waals surface area contributed by atoms with Crippen molar-refractivity contribution in [2.45, 2.75) is 33.1 Å². The summed E-state index contributed by atoms with van der Waals surface area (Å²) in [7, 11) is 0. The number of hydrogen-bond acceptors (Lipinski definition) is 1. The SMILES string of the molecule is [CH2-]C(C)(C)CN1CCCCC1.[Li+]. The van der Waals surface area contributed by atoms with Gasteiger partial charge < -0.3 is 11.8 Å². The van der Waals surface area contributed by atoms with Crippen LogP contribution in [0.5, 0.6) is 0 Å². The van der Waals surface area contributed by atoms with Gasteiger partial charge in [-0.05, 0) is 32.5 Å². The van der Waals surface area contributed by atoms with Gasteiger partial charge in [0.05, 0.1) is 0 Å². The first-order valence-electron chi connectivity index (χ1n) is 4.66. The Bertz CT molecular complexity index is 111. The normalized spacial score (nSPS) is 20.2. The fourth-order valence-electron chi connectivity index (χ4n) is 1.72. The molecule has 0 aliphatic carbocycles. The molecule has 1 heterocycles. The van der Waals surface area contributed by atoms with Gasteiger partial charge in [0.15, 0.2) is 0 Å². The summed E-state index contributed by atoms with van der Waals surface area (Å²) in [4.78, 5) is 2.54. The minimum absolute atomic E-state index is 0. The van der Waals surface area contributed by atoms with E-state index in [1.807, 2.05) is 0 Å².